The average Bonchev–Trinajstić information content (AvgIpc) is 2.97. The van der Waals surface area contributed by atoms with E-state index in [0.717, 1.165) is 11.1 Å². The maximum atomic E-state index is 14.5. The third kappa shape index (κ3) is 8.64. The Morgan fingerprint density at radius 1 is 1.05 bits per heavy atom. The van der Waals surface area contributed by atoms with Gasteiger partial charge >= 0.3 is 0 Å². The summed E-state index contributed by atoms with van der Waals surface area (Å²) in [7, 11) is 5.51. The van der Waals surface area contributed by atoms with Gasteiger partial charge in [0.25, 0.3) is 0 Å². The van der Waals surface area contributed by atoms with Crippen molar-refractivity contribution in [3.8, 4) is 0 Å². The van der Waals surface area contributed by atoms with Gasteiger partial charge in [0.1, 0.15) is 12.1 Å². The molecule has 13 heteroatoms. The van der Waals surface area contributed by atoms with Crippen LogP contribution in [0.4, 0.5) is 10.1 Å². The molecule has 0 saturated carbocycles. The molecule has 0 saturated heterocycles. The Morgan fingerprint density at radius 3 is 2.40 bits per heavy atom. The van der Waals surface area contributed by atoms with Gasteiger partial charge in [0.2, 0.25) is 23.6 Å². The Hall–Kier alpha value is -3.25. The molecule has 228 valence electrons. The molecule has 2 aromatic rings. The van der Waals surface area contributed by atoms with Gasteiger partial charge in [0.05, 0.1) is 15.7 Å². The van der Waals surface area contributed by atoms with Crippen LogP contribution >= 0.6 is 23.2 Å². The minimum absolute atomic E-state index is 0.00265. The lowest BCUT2D eigenvalue weighted by Crippen LogP contribution is -2.56. The number of halogens is 3. The fourth-order valence-corrected chi connectivity index (χ4v) is 4.90. The fourth-order valence-electron chi connectivity index (χ4n) is 4.59. The third-order valence-electron chi connectivity index (χ3n) is 7.11. The number of amides is 4. The molecule has 4 amide bonds. The molecule has 42 heavy (non-hydrogen) atoms. The predicted molar refractivity (Wildman–Crippen MR) is 161 cm³/mol. The molecule has 0 spiro atoms. The van der Waals surface area contributed by atoms with Crippen LogP contribution in [0.25, 0.3) is 0 Å². The Kier molecular flexibility index (Phi) is 12.1. The average molecular weight is 624 g/mol. The molecular weight excluding hydrogens is 586 g/mol. The number of nitrogens with one attached hydrogen (secondary N) is 2. The summed E-state index contributed by atoms with van der Waals surface area (Å²) in [6.45, 7) is 1.46. The van der Waals surface area contributed by atoms with Crippen LogP contribution in [0, 0.1) is 5.82 Å². The standard InChI is InChI=1S/C29H37Cl2FN6O4/c1-36(2)14-15-37(3)24(39)10-11-25(40)38-17-19-7-5-4-6-18(19)16-23(38)29(42)35-22(12-13-33)28(41)34-21-9-8-20(30)26(31)27(21)32/h4-9,22-23H,10-17,33H2,1-3H3,(H,34,41)(H,35,42)/t22-,23-/m0/s1. The lowest BCUT2D eigenvalue weighted by Gasteiger charge is -2.37. The van der Waals surface area contributed by atoms with E-state index in [-0.39, 0.29) is 66.3 Å². The van der Waals surface area contributed by atoms with E-state index in [9.17, 15) is 23.6 Å². The van der Waals surface area contributed by atoms with Crippen molar-refractivity contribution in [1.82, 2.24) is 20.0 Å². The van der Waals surface area contributed by atoms with Crippen molar-refractivity contribution < 1.29 is 23.6 Å². The number of anilines is 1. The van der Waals surface area contributed by atoms with Crippen LogP contribution in [0.15, 0.2) is 36.4 Å². The van der Waals surface area contributed by atoms with E-state index in [1.54, 1.807) is 11.9 Å². The highest BCUT2D eigenvalue weighted by molar-refractivity contribution is 6.42. The summed E-state index contributed by atoms with van der Waals surface area (Å²) in [6.07, 6.45) is 0.220. The summed E-state index contributed by atoms with van der Waals surface area (Å²) in [6, 6.07) is 8.05. The molecule has 0 radical (unpaired) electrons. The summed E-state index contributed by atoms with van der Waals surface area (Å²) in [5.74, 6) is -2.69. The number of hydrogen-bond donors (Lipinski definition) is 3. The lowest BCUT2D eigenvalue weighted by atomic mass is 9.92. The molecular formula is C29H37Cl2FN6O4. The highest BCUT2D eigenvalue weighted by atomic mass is 35.5. The Balaban J connectivity index is 1.75. The van der Waals surface area contributed by atoms with Crippen molar-refractivity contribution in [3.63, 3.8) is 0 Å². The van der Waals surface area contributed by atoms with E-state index >= 15 is 0 Å². The summed E-state index contributed by atoms with van der Waals surface area (Å²) in [4.78, 5) is 57.7. The summed E-state index contributed by atoms with van der Waals surface area (Å²) in [5.41, 5.74) is 7.31. The number of nitrogens with two attached hydrogens (primary N) is 1. The number of nitrogens with zero attached hydrogens (tertiary/aromatic N) is 3. The number of likely N-dealkylation sites (N-methyl/N-ethyl adjacent to an activating group) is 2. The molecule has 0 bridgehead atoms. The Bertz CT molecular complexity index is 1310. The maximum absolute atomic E-state index is 14.5. The van der Waals surface area contributed by atoms with Gasteiger partial charge in [-0.15, -0.1) is 0 Å². The molecule has 1 heterocycles. The molecule has 4 N–H and O–H groups in total. The van der Waals surface area contributed by atoms with Crippen molar-refractivity contribution in [3.05, 3.63) is 63.4 Å². The zero-order valence-corrected chi connectivity index (χ0v) is 25.5. The first kappa shape index (κ1) is 33.3. The number of benzene rings is 2. The second kappa shape index (κ2) is 15.3. The van der Waals surface area contributed by atoms with Crippen LogP contribution in [0.3, 0.4) is 0 Å². The van der Waals surface area contributed by atoms with E-state index in [0.29, 0.717) is 13.1 Å². The zero-order valence-electron chi connectivity index (χ0n) is 24.0. The van der Waals surface area contributed by atoms with Gasteiger partial charge in [0, 0.05) is 45.9 Å². The van der Waals surface area contributed by atoms with Gasteiger partial charge in [0.15, 0.2) is 5.82 Å². The minimum atomic E-state index is -1.11. The molecule has 2 aromatic carbocycles. The van der Waals surface area contributed by atoms with Gasteiger partial charge < -0.3 is 31.1 Å². The number of hydrogen-bond acceptors (Lipinski definition) is 6. The first-order valence-corrected chi connectivity index (χ1v) is 14.4. The first-order valence-electron chi connectivity index (χ1n) is 13.6. The van der Waals surface area contributed by atoms with Gasteiger partial charge in [-0.1, -0.05) is 47.5 Å². The van der Waals surface area contributed by atoms with Gasteiger partial charge in [-0.2, -0.15) is 0 Å². The third-order valence-corrected chi connectivity index (χ3v) is 7.90. The molecule has 10 nitrogen and oxygen atoms in total. The molecule has 1 aliphatic heterocycles. The fraction of sp³-hybridized carbons (Fsp3) is 0.448. The Morgan fingerprint density at radius 2 is 1.74 bits per heavy atom. The van der Waals surface area contributed by atoms with E-state index in [1.165, 1.54) is 17.0 Å². The van der Waals surface area contributed by atoms with E-state index in [2.05, 4.69) is 10.6 Å². The SMILES string of the molecule is CN(C)CCN(C)C(=O)CCC(=O)N1Cc2ccccc2C[C@H]1C(=O)N[C@@H](CCN)C(=O)Nc1ccc(Cl)c(Cl)c1F. The quantitative estimate of drug-likeness (QED) is 0.312. The topological polar surface area (TPSA) is 128 Å². The molecule has 1 aliphatic rings. The van der Waals surface area contributed by atoms with Crippen LogP contribution in [-0.4, -0.2) is 91.2 Å². The largest absolute Gasteiger partial charge is 0.344 e. The first-order chi connectivity index (χ1) is 19.9. The summed E-state index contributed by atoms with van der Waals surface area (Å²) in [5, 5.41) is 4.77. The van der Waals surface area contributed by atoms with E-state index in [1.807, 2.05) is 43.3 Å². The van der Waals surface area contributed by atoms with Crippen molar-refractivity contribution in [1.29, 1.82) is 0 Å². The molecule has 0 aliphatic carbocycles. The summed E-state index contributed by atoms with van der Waals surface area (Å²) < 4.78 is 14.5. The van der Waals surface area contributed by atoms with Crippen LogP contribution in [0.1, 0.15) is 30.4 Å². The zero-order chi connectivity index (χ0) is 31.0. The smallest absolute Gasteiger partial charge is 0.247 e. The molecule has 0 unspecified atom stereocenters. The maximum Gasteiger partial charge on any atom is 0.247 e. The van der Waals surface area contributed by atoms with Crippen LogP contribution < -0.4 is 16.4 Å². The minimum Gasteiger partial charge on any atom is -0.344 e. The van der Waals surface area contributed by atoms with Crippen LogP contribution in [0.5, 0.6) is 0 Å². The highest BCUT2D eigenvalue weighted by Gasteiger charge is 2.36. The molecule has 0 fully saturated rings. The predicted octanol–water partition coefficient (Wildman–Crippen LogP) is 2.66. The number of rotatable bonds is 12. The number of carbonyl (C=O) groups excluding carboxylic acids is 4. The highest BCUT2D eigenvalue weighted by Crippen LogP contribution is 2.30. The van der Waals surface area contributed by atoms with E-state index in [4.69, 9.17) is 28.9 Å². The van der Waals surface area contributed by atoms with Crippen LogP contribution in [0.2, 0.25) is 10.0 Å². The van der Waals surface area contributed by atoms with E-state index < -0.39 is 29.7 Å². The van der Waals surface area contributed by atoms with Gasteiger partial charge in [-0.3, -0.25) is 19.2 Å². The van der Waals surface area contributed by atoms with Crippen molar-refractivity contribution in [2.24, 2.45) is 5.73 Å². The normalized spacial score (nSPS) is 15.1. The van der Waals surface area contributed by atoms with Crippen LogP contribution in [-0.2, 0) is 32.1 Å². The second-order valence-corrected chi connectivity index (χ2v) is 11.3. The van der Waals surface area contributed by atoms with Crippen molar-refractivity contribution in [2.75, 3.05) is 46.1 Å². The van der Waals surface area contributed by atoms with Gasteiger partial charge in [-0.25, -0.2) is 4.39 Å². The summed E-state index contributed by atoms with van der Waals surface area (Å²) >= 11 is 11.7. The second-order valence-electron chi connectivity index (χ2n) is 10.5. The number of carbonyl (C=O) groups is 4. The van der Waals surface area contributed by atoms with Gasteiger partial charge in [-0.05, 0) is 50.3 Å². The number of fused-ring (bicyclic) bond motifs is 1. The molecule has 0 aromatic heterocycles. The van der Waals surface area contributed by atoms with Crippen molar-refractivity contribution >= 4 is 52.5 Å². The van der Waals surface area contributed by atoms with Crippen molar-refractivity contribution in [2.45, 2.75) is 44.3 Å². The monoisotopic (exact) mass is 622 g/mol. The lowest BCUT2D eigenvalue weighted by molar-refractivity contribution is -0.144. The molecule has 2 atom stereocenters. The Labute approximate surface area is 255 Å². The molecule has 3 rings (SSSR count).